The summed E-state index contributed by atoms with van der Waals surface area (Å²) < 4.78 is 1.78. The predicted octanol–water partition coefficient (Wildman–Crippen LogP) is 1.32. The van der Waals surface area contributed by atoms with E-state index < -0.39 is 0 Å². The molecule has 2 aromatic rings. The Morgan fingerprint density at radius 1 is 1.50 bits per heavy atom. The Labute approximate surface area is 131 Å². The molecule has 0 spiro atoms. The second-order valence-corrected chi connectivity index (χ2v) is 5.84. The maximum atomic E-state index is 12.0. The molecule has 0 aliphatic carbocycles. The number of hydrogen-bond donors (Lipinski definition) is 1. The van der Waals surface area contributed by atoms with E-state index in [9.17, 15) is 9.59 Å². The number of aromatic nitrogens is 2. The van der Waals surface area contributed by atoms with Crippen LogP contribution in [-0.2, 0) is 18.3 Å². The third-order valence-electron chi connectivity index (χ3n) is 3.49. The highest BCUT2D eigenvalue weighted by atomic mass is 32.1. The molecule has 7 heteroatoms. The van der Waals surface area contributed by atoms with Crippen molar-refractivity contribution in [2.24, 2.45) is 12.0 Å². The number of rotatable bonds is 3. The standard InChI is InChI=1S/C15H16N4O2S/c1-9-11(10(2)17-14(21)12(9)8-16)4-5-13(20)18-15-19(3)6-7-22-15/h6-7H,4-5H2,1-3H3,(H,17,21). The Hall–Kier alpha value is -2.46. The molecule has 0 atom stereocenters. The van der Waals surface area contributed by atoms with Gasteiger partial charge in [0, 0.05) is 30.7 Å². The number of carbonyl (C=O) groups excluding carboxylic acids is 1. The van der Waals surface area contributed by atoms with E-state index in [2.05, 4.69) is 9.98 Å². The zero-order valence-corrected chi connectivity index (χ0v) is 13.5. The molecule has 0 aliphatic heterocycles. The molecule has 0 radical (unpaired) electrons. The zero-order chi connectivity index (χ0) is 16.3. The molecule has 0 unspecified atom stereocenters. The van der Waals surface area contributed by atoms with Crippen LogP contribution in [0.4, 0.5) is 0 Å². The van der Waals surface area contributed by atoms with Crippen molar-refractivity contribution in [3.05, 3.63) is 49.1 Å². The topological polar surface area (TPSA) is 91.0 Å². The highest BCUT2D eigenvalue weighted by Crippen LogP contribution is 2.15. The Morgan fingerprint density at radius 3 is 2.82 bits per heavy atom. The van der Waals surface area contributed by atoms with Crippen molar-refractivity contribution in [1.29, 1.82) is 5.26 Å². The quantitative estimate of drug-likeness (QED) is 0.926. The van der Waals surface area contributed by atoms with Crippen LogP contribution in [0.3, 0.4) is 0 Å². The SMILES string of the molecule is Cc1[nH]c(=O)c(C#N)c(C)c1CCC(=O)N=c1sccn1C. The molecule has 2 aromatic heterocycles. The molecule has 0 fully saturated rings. The first-order valence-corrected chi connectivity index (χ1v) is 7.62. The maximum absolute atomic E-state index is 12.0. The fraction of sp³-hybridized carbons (Fsp3) is 0.333. The van der Waals surface area contributed by atoms with Gasteiger partial charge in [0.1, 0.15) is 11.6 Å². The number of nitrogens with zero attached hydrogens (tertiary/aromatic N) is 3. The number of carbonyl (C=O) groups is 1. The third-order valence-corrected chi connectivity index (χ3v) is 4.34. The van der Waals surface area contributed by atoms with Crippen molar-refractivity contribution < 1.29 is 4.79 Å². The number of amides is 1. The van der Waals surface area contributed by atoms with E-state index in [1.807, 2.05) is 24.7 Å². The van der Waals surface area contributed by atoms with Gasteiger partial charge in [-0.25, -0.2) is 0 Å². The van der Waals surface area contributed by atoms with Crippen LogP contribution in [0.1, 0.15) is 28.8 Å². The summed E-state index contributed by atoms with van der Waals surface area (Å²) in [5.41, 5.74) is 1.88. The van der Waals surface area contributed by atoms with Crippen LogP contribution in [0.5, 0.6) is 0 Å². The van der Waals surface area contributed by atoms with Gasteiger partial charge in [0.15, 0.2) is 4.80 Å². The summed E-state index contributed by atoms with van der Waals surface area (Å²) >= 11 is 1.40. The van der Waals surface area contributed by atoms with Crippen LogP contribution in [0.15, 0.2) is 21.4 Å². The van der Waals surface area contributed by atoms with Crippen LogP contribution in [0.2, 0.25) is 0 Å². The fourth-order valence-corrected chi connectivity index (χ4v) is 3.00. The highest BCUT2D eigenvalue weighted by Gasteiger charge is 2.13. The molecule has 2 heterocycles. The van der Waals surface area contributed by atoms with E-state index in [4.69, 9.17) is 5.26 Å². The van der Waals surface area contributed by atoms with E-state index >= 15 is 0 Å². The van der Waals surface area contributed by atoms with Gasteiger partial charge in [-0.05, 0) is 31.4 Å². The van der Waals surface area contributed by atoms with Gasteiger partial charge >= 0.3 is 0 Å². The van der Waals surface area contributed by atoms with E-state index in [0.717, 1.165) is 5.56 Å². The minimum Gasteiger partial charge on any atom is -0.327 e. The summed E-state index contributed by atoms with van der Waals surface area (Å²) in [7, 11) is 1.83. The maximum Gasteiger partial charge on any atom is 0.266 e. The van der Waals surface area contributed by atoms with E-state index in [1.54, 1.807) is 18.4 Å². The lowest BCUT2D eigenvalue weighted by Gasteiger charge is -2.09. The van der Waals surface area contributed by atoms with Crippen molar-refractivity contribution >= 4 is 17.2 Å². The monoisotopic (exact) mass is 316 g/mol. The van der Waals surface area contributed by atoms with Crippen molar-refractivity contribution in [3.8, 4) is 6.07 Å². The van der Waals surface area contributed by atoms with E-state index in [1.165, 1.54) is 11.3 Å². The number of pyridine rings is 1. The van der Waals surface area contributed by atoms with Gasteiger partial charge in [0.25, 0.3) is 5.56 Å². The first kappa shape index (κ1) is 15.9. The molecular weight excluding hydrogens is 300 g/mol. The van der Waals surface area contributed by atoms with Gasteiger partial charge in [0.2, 0.25) is 5.91 Å². The van der Waals surface area contributed by atoms with Gasteiger partial charge in [-0.2, -0.15) is 10.3 Å². The highest BCUT2D eigenvalue weighted by molar-refractivity contribution is 7.07. The van der Waals surface area contributed by atoms with Gasteiger partial charge in [-0.1, -0.05) is 0 Å². The van der Waals surface area contributed by atoms with Crippen LogP contribution in [-0.4, -0.2) is 15.5 Å². The predicted molar refractivity (Wildman–Crippen MR) is 83.4 cm³/mol. The summed E-state index contributed by atoms with van der Waals surface area (Å²) in [5.74, 6) is -0.221. The summed E-state index contributed by atoms with van der Waals surface area (Å²) in [4.78, 5) is 31.0. The number of nitrogens with one attached hydrogen (secondary N) is 1. The van der Waals surface area contributed by atoms with Crippen LogP contribution < -0.4 is 10.4 Å². The van der Waals surface area contributed by atoms with Crippen molar-refractivity contribution in [2.75, 3.05) is 0 Å². The van der Waals surface area contributed by atoms with Crippen LogP contribution >= 0.6 is 11.3 Å². The second kappa shape index (κ2) is 6.54. The molecule has 114 valence electrons. The first-order valence-electron chi connectivity index (χ1n) is 6.74. The molecule has 22 heavy (non-hydrogen) atoms. The molecule has 6 nitrogen and oxygen atoms in total. The second-order valence-electron chi connectivity index (χ2n) is 4.97. The number of hydrogen-bond acceptors (Lipinski definition) is 4. The fourth-order valence-electron chi connectivity index (χ4n) is 2.25. The van der Waals surface area contributed by atoms with Crippen molar-refractivity contribution in [2.45, 2.75) is 26.7 Å². The minimum atomic E-state index is -0.386. The van der Waals surface area contributed by atoms with E-state index in [-0.39, 0.29) is 23.5 Å². The van der Waals surface area contributed by atoms with Crippen LogP contribution in [0.25, 0.3) is 0 Å². The first-order chi connectivity index (χ1) is 10.4. The number of aryl methyl sites for hydroxylation is 2. The molecule has 0 saturated carbocycles. The summed E-state index contributed by atoms with van der Waals surface area (Å²) in [5, 5.41) is 10.9. The van der Waals surface area contributed by atoms with Gasteiger partial charge < -0.3 is 9.55 Å². The lowest BCUT2D eigenvalue weighted by molar-refractivity contribution is -0.118. The number of aromatic amines is 1. The number of nitriles is 1. The summed E-state index contributed by atoms with van der Waals surface area (Å²) in [6.45, 7) is 3.50. The van der Waals surface area contributed by atoms with Crippen molar-refractivity contribution in [1.82, 2.24) is 9.55 Å². The summed E-state index contributed by atoms with van der Waals surface area (Å²) in [6.07, 6.45) is 2.52. The lowest BCUT2D eigenvalue weighted by Crippen LogP contribution is -2.17. The Balaban J connectivity index is 2.23. The Bertz CT molecular complexity index is 880. The number of thiazole rings is 1. The molecule has 0 saturated heterocycles. The average Bonchev–Trinajstić information content (AvgIpc) is 2.84. The molecule has 2 rings (SSSR count). The molecule has 1 N–H and O–H groups in total. The third kappa shape index (κ3) is 3.23. The molecule has 1 amide bonds. The minimum absolute atomic E-state index is 0.106. The average molecular weight is 316 g/mol. The smallest absolute Gasteiger partial charge is 0.266 e. The molecule has 0 aromatic carbocycles. The van der Waals surface area contributed by atoms with Crippen molar-refractivity contribution in [3.63, 3.8) is 0 Å². The van der Waals surface area contributed by atoms with Gasteiger partial charge in [-0.3, -0.25) is 9.59 Å². The van der Waals surface area contributed by atoms with E-state index in [0.29, 0.717) is 22.5 Å². The Kier molecular flexibility index (Phi) is 4.73. The largest absolute Gasteiger partial charge is 0.327 e. The zero-order valence-electron chi connectivity index (χ0n) is 12.6. The van der Waals surface area contributed by atoms with Crippen LogP contribution in [0, 0.1) is 25.2 Å². The molecular formula is C15H16N4O2S. The number of H-pyrrole nitrogens is 1. The van der Waals surface area contributed by atoms with Gasteiger partial charge in [-0.15, -0.1) is 11.3 Å². The molecule has 0 aliphatic rings. The molecule has 0 bridgehead atoms. The normalized spacial score (nSPS) is 11.5. The lowest BCUT2D eigenvalue weighted by atomic mass is 9.99. The Morgan fingerprint density at radius 2 is 2.23 bits per heavy atom. The van der Waals surface area contributed by atoms with Gasteiger partial charge in [0.05, 0.1) is 0 Å². The summed E-state index contributed by atoms with van der Waals surface area (Å²) in [6, 6.07) is 1.91.